The maximum absolute atomic E-state index is 4.58. The summed E-state index contributed by atoms with van der Waals surface area (Å²) in [7, 11) is 0. The summed E-state index contributed by atoms with van der Waals surface area (Å²) in [4.78, 5) is 6.09. The molecule has 2 nitrogen and oxygen atoms in total. The van der Waals surface area contributed by atoms with Gasteiger partial charge in [0.25, 0.3) is 0 Å². The number of halogens is 1. The van der Waals surface area contributed by atoms with Crippen molar-refractivity contribution in [1.82, 2.24) is 8.10 Å². The minimum absolute atomic E-state index is 0.628. The van der Waals surface area contributed by atoms with Gasteiger partial charge in [-0.05, 0) is 20.3 Å². The molecule has 1 aromatic heterocycles. The van der Waals surface area contributed by atoms with Gasteiger partial charge in [-0.15, -0.1) is 11.3 Å². The third-order valence-electron chi connectivity index (χ3n) is 2.40. The standard InChI is InChI=1S/C9H13IN2S/c1-6-5-8-9(3-4-12(6)10)13-7(2)11-8/h6H,3-5H2,1-2H3. The summed E-state index contributed by atoms with van der Waals surface area (Å²) in [6, 6.07) is 0.628. The molecule has 0 radical (unpaired) electrons. The van der Waals surface area contributed by atoms with E-state index in [1.807, 2.05) is 11.3 Å². The second kappa shape index (κ2) is 3.82. The predicted molar refractivity (Wildman–Crippen MR) is 64.4 cm³/mol. The van der Waals surface area contributed by atoms with Crippen molar-refractivity contribution in [3.8, 4) is 0 Å². The summed E-state index contributed by atoms with van der Waals surface area (Å²) in [5, 5.41) is 1.22. The highest BCUT2D eigenvalue weighted by atomic mass is 127. The van der Waals surface area contributed by atoms with Crippen LogP contribution in [0.2, 0.25) is 0 Å². The number of fused-ring (bicyclic) bond motifs is 1. The molecule has 1 aliphatic heterocycles. The second-order valence-corrected chi connectivity index (χ2v) is 6.06. The van der Waals surface area contributed by atoms with Gasteiger partial charge in [-0.2, -0.15) is 0 Å². The molecule has 0 bridgehead atoms. The molecule has 0 aliphatic carbocycles. The fourth-order valence-electron chi connectivity index (χ4n) is 1.67. The molecule has 0 spiro atoms. The SMILES string of the molecule is Cc1nc2c(s1)CCN(I)C(C)C2. The van der Waals surface area contributed by atoms with E-state index in [9.17, 15) is 0 Å². The van der Waals surface area contributed by atoms with Crippen molar-refractivity contribution in [2.45, 2.75) is 32.7 Å². The van der Waals surface area contributed by atoms with Gasteiger partial charge in [0.05, 0.1) is 10.7 Å². The van der Waals surface area contributed by atoms with Gasteiger partial charge in [-0.3, -0.25) is 0 Å². The van der Waals surface area contributed by atoms with E-state index in [1.165, 1.54) is 22.0 Å². The number of rotatable bonds is 0. The lowest BCUT2D eigenvalue weighted by atomic mass is 10.2. The van der Waals surface area contributed by atoms with E-state index in [0.29, 0.717) is 6.04 Å². The van der Waals surface area contributed by atoms with Gasteiger partial charge in [0.1, 0.15) is 0 Å². The van der Waals surface area contributed by atoms with E-state index in [2.05, 4.69) is 44.8 Å². The smallest absolute Gasteiger partial charge is 0.0900 e. The van der Waals surface area contributed by atoms with Crippen molar-refractivity contribution in [3.05, 3.63) is 15.6 Å². The van der Waals surface area contributed by atoms with E-state index in [-0.39, 0.29) is 0 Å². The van der Waals surface area contributed by atoms with E-state index >= 15 is 0 Å². The van der Waals surface area contributed by atoms with Crippen LogP contribution in [0.1, 0.15) is 22.5 Å². The number of aryl methyl sites for hydroxylation is 1. The van der Waals surface area contributed by atoms with E-state index in [4.69, 9.17) is 0 Å². The largest absolute Gasteiger partial charge is 0.246 e. The lowest BCUT2D eigenvalue weighted by Crippen LogP contribution is -2.24. The first-order valence-electron chi connectivity index (χ1n) is 4.54. The lowest BCUT2D eigenvalue weighted by Gasteiger charge is -2.18. The van der Waals surface area contributed by atoms with Crippen LogP contribution in [0.5, 0.6) is 0 Å². The van der Waals surface area contributed by atoms with Crippen molar-refractivity contribution in [2.75, 3.05) is 6.54 Å². The van der Waals surface area contributed by atoms with Crippen LogP contribution in [-0.2, 0) is 12.8 Å². The highest BCUT2D eigenvalue weighted by Gasteiger charge is 2.20. The fourth-order valence-corrected chi connectivity index (χ4v) is 3.07. The Morgan fingerprint density at radius 1 is 1.62 bits per heavy atom. The average molecular weight is 308 g/mol. The summed E-state index contributed by atoms with van der Waals surface area (Å²) < 4.78 is 2.39. The molecule has 1 aromatic rings. The maximum Gasteiger partial charge on any atom is 0.0900 e. The van der Waals surface area contributed by atoms with Gasteiger partial charge in [0, 0.05) is 46.7 Å². The minimum Gasteiger partial charge on any atom is -0.246 e. The molecule has 0 saturated heterocycles. The molecule has 0 N–H and O–H groups in total. The van der Waals surface area contributed by atoms with Crippen LogP contribution in [0.25, 0.3) is 0 Å². The van der Waals surface area contributed by atoms with Crippen molar-refractivity contribution in [3.63, 3.8) is 0 Å². The van der Waals surface area contributed by atoms with Crippen molar-refractivity contribution in [1.29, 1.82) is 0 Å². The van der Waals surface area contributed by atoms with Gasteiger partial charge >= 0.3 is 0 Å². The minimum atomic E-state index is 0.628. The zero-order valence-corrected chi connectivity index (χ0v) is 10.9. The van der Waals surface area contributed by atoms with Crippen LogP contribution in [-0.4, -0.2) is 20.7 Å². The molecule has 1 atom stereocenters. The predicted octanol–water partition coefficient (Wildman–Crippen LogP) is 2.59. The molecule has 0 fully saturated rings. The van der Waals surface area contributed by atoms with Gasteiger partial charge in [-0.1, -0.05) is 0 Å². The van der Waals surface area contributed by atoms with Gasteiger partial charge in [-0.25, -0.2) is 8.10 Å². The molecule has 0 aromatic carbocycles. The molecule has 0 amide bonds. The van der Waals surface area contributed by atoms with Gasteiger partial charge in [0.15, 0.2) is 0 Å². The summed E-state index contributed by atoms with van der Waals surface area (Å²) in [6.07, 6.45) is 2.29. The monoisotopic (exact) mass is 308 g/mol. The fraction of sp³-hybridized carbons (Fsp3) is 0.667. The molecule has 2 heterocycles. The number of hydrogen-bond donors (Lipinski definition) is 0. The first-order chi connectivity index (χ1) is 6.16. The van der Waals surface area contributed by atoms with Crippen molar-refractivity contribution < 1.29 is 0 Å². The summed E-state index contributed by atoms with van der Waals surface area (Å²) in [6.45, 7) is 5.54. The van der Waals surface area contributed by atoms with E-state index < -0.39 is 0 Å². The number of hydrogen-bond acceptors (Lipinski definition) is 3. The Morgan fingerprint density at radius 2 is 2.38 bits per heavy atom. The van der Waals surface area contributed by atoms with Crippen LogP contribution in [0.15, 0.2) is 0 Å². The highest BCUT2D eigenvalue weighted by molar-refractivity contribution is 14.1. The number of aromatic nitrogens is 1. The summed E-state index contributed by atoms with van der Waals surface area (Å²) in [5.41, 5.74) is 1.34. The molecule has 13 heavy (non-hydrogen) atoms. The molecule has 72 valence electrons. The van der Waals surface area contributed by atoms with Crippen molar-refractivity contribution in [2.24, 2.45) is 0 Å². The zero-order valence-electron chi connectivity index (χ0n) is 7.88. The quantitative estimate of drug-likeness (QED) is 0.541. The third-order valence-corrected chi connectivity index (χ3v) is 4.91. The van der Waals surface area contributed by atoms with Gasteiger partial charge in [0.2, 0.25) is 0 Å². The Kier molecular flexibility index (Phi) is 2.90. The molecule has 0 saturated carbocycles. The summed E-state index contributed by atoms with van der Waals surface area (Å²) in [5.74, 6) is 0. The molecule has 4 heteroatoms. The Labute approximate surface area is 96.9 Å². The Bertz CT molecular complexity index is 311. The number of thiazole rings is 1. The van der Waals surface area contributed by atoms with Gasteiger partial charge < -0.3 is 0 Å². The van der Waals surface area contributed by atoms with E-state index in [0.717, 1.165) is 13.0 Å². The average Bonchev–Trinajstić information content (AvgIpc) is 2.36. The lowest BCUT2D eigenvalue weighted by molar-refractivity contribution is 0.417. The topological polar surface area (TPSA) is 16.1 Å². The Hall–Kier alpha value is 0.320. The first-order valence-corrected chi connectivity index (χ1v) is 6.32. The van der Waals surface area contributed by atoms with Crippen LogP contribution < -0.4 is 0 Å². The summed E-state index contributed by atoms with van der Waals surface area (Å²) >= 11 is 4.29. The van der Waals surface area contributed by atoms with Crippen molar-refractivity contribution >= 4 is 34.2 Å². The Morgan fingerprint density at radius 3 is 3.15 bits per heavy atom. The molecular formula is C9H13IN2S. The maximum atomic E-state index is 4.58. The first kappa shape index (κ1) is 9.86. The van der Waals surface area contributed by atoms with Crippen LogP contribution in [0.3, 0.4) is 0 Å². The Balaban J connectivity index is 2.28. The molecule has 1 aliphatic rings. The second-order valence-electron chi connectivity index (χ2n) is 3.53. The normalized spacial score (nSPS) is 24.1. The van der Waals surface area contributed by atoms with E-state index in [1.54, 1.807) is 0 Å². The van der Waals surface area contributed by atoms with Crippen LogP contribution >= 0.6 is 34.2 Å². The highest BCUT2D eigenvalue weighted by Crippen LogP contribution is 2.25. The molecular weight excluding hydrogens is 295 g/mol. The molecule has 2 rings (SSSR count). The zero-order chi connectivity index (χ0) is 9.42. The number of nitrogens with zero attached hydrogens (tertiary/aromatic N) is 2. The van der Waals surface area contributed by atoms with Crippen LogP contribution in [0, 0.1) is 6.92 Å². The third kappa shape index (κ3) is 2.05. The molecule has 1 unspecified atom stereocenters. The van der Waals surface area contributed by atoms with Crippen LogP contribution in [0.4, 0.5) is 0 Å².